The molecule has 0 fully saturated rings. The van der Waals surface area contributed by atoms with Gasteiger partial charge >= 0.3 is 0 Å². The highest BCUT2D eigenvalue weighted by atomic mass is 16.1. The molecular formula is C9H14O. The summed E-state index contributed by atoms with van der Waals surface area (Å²) < 4.78 is 0. The monoisotopic (exact) mass is 138 g/mol. The molecule has 0 unspecified atom stereocenters. The molecule has 0 aliphatic heterocycles. The minimum atomic E-state index is 0.0862. The van der Waals surface area contributed by atoms with Crippen molar-refractivity contribution in [1.29, 1.82) is 0 Å². The molecule has 0 aromatic carbocycles. The lowest BCUT2D eigenvalue weighted by Gasteiger charge is -1.72. The van der Waals surface area contributed by atoms with E-state index in [9.17, 15) is 4.79 Å². The predicted octanol–water partition coefficient (Wildman–Crippen LogP) is 2.51. The van der Waals surface area contributed by atoms with Crippen LogP contribution >= 0.6 is 0 Å². The quantitative estimate of drug-likeness (QED) is 0.325. The van der Waals surface area contributed by atoms with Crippen molar-refractivity contribution < 1.29 is 4.79 Å². The van der Waals surface area contributed by atoms with Crippen LogP contribution in [0, 0.1) is 0 Å². The van der Waals surface area contributed by atoms with Crippen molar-refractivity contribution in [2.45, 2.75) is 13.8 Å². The van der Waals surface area contributed by atoms with Gasteiger partial charge in [-0.2, -0.15) is 0 Å². The highest BCUT2D eigenvalue weighted by Gasteiger charge is 1.74. The molecule has 0 aromatic rings. The van der Waals surface area contributed by atoms with Crippen LogP contribution in [-0.4, -0.2) is 5.78 Å². The molecule has 0 radical (unpaired) electrons. The van der Waals surface area contributed by atoms with Gasteiger partial charge in [0.05, 0.1) is 0 Å². The summed E-state index contributed by atoms with van der Waals surface area (Å²) in [7, 11) is 0. The molecule has 10 heavy (non-hydrogen) atoms. The molecule has 0 aliphatic carbocycles. The number of ketones is 1. The van der Waals surface area contributed by atoms with Gasteiger partial charge in [0.25, 0.3) is 0 Å². The molecule has 0 rings (SSSR count). The average Bonchev–Trinajstić information content (AvgIpc) is 1.92. The van der Waals surface area contributed by atoms with E-state index in [1.807, 2.05) is 19.1 Å². The lowest BCUT2D eigenvalue weighted by Crippen LogP contribution is -1.76. The Labute approximate surface area is 62.8 Å². The van der Waals surface area contributed by atoms with Gasteiger partial charge in [-0.3, -0.25) is 4.79 Å². The van der Waals surface area contributed by atoms with Crippen LogP contribution in [0.2, 0.25) is 0 Å². The first kappa shape index (κ1) is 11.7. The molecule has 1 nitrogen and oxygen atoms in total. The second-order valence-electron chi connectivity index (χ2n) is 1.50. The summed E-state index contributed by atoms with van der Waals surface area (Å²) in [4.78, 5) is 10.2. The van der Waals surface area contributed by atoms with Crippen molar-refractivity contribution in [3.05, 3.63) is 37.5 Å². The van der Waals surface area contributed by atoms with Gasteiger partial charge in [0.15, 0.2) is 5.78 Å². The molecule has 0 spiro atoms. The first-order valence-electron chi connectivity index (χ1n) is 3.07. The Morgan fingerprint density at radius 2 is 1.80 bits per heavy atom. The SMILES string of the molecule is C/C=C/C=C/C(C)=O.C=C. The van der Waals surface area contributed by atoms with Gasteiger partial charge in [0.2, 0.25) is 0 Å². The molecule has 1 heteroatoms. The van der Waals surface area contributed by atoms with Gasteiger partial charge in [-0.15, -0.1) is 13.2 Å². The Morgan fingerprint density at radius 3 is 2.10 bits per heavy atom. The summed E-state index contributed by atoms with van der Waals surface area (Å²) in [5.41, 5.74) is 0. The second-order valence-corrected chi connectivity index (χ2v) is 1.50. The first-order chi connectivity index (χ1) is 4.77. The van der Waals surface area contributed by atoms with Crippen LogP contribution in [0.15, 0.2) is 37.5 Å². The molecule has 0 N–H and O–H groups in total. The number of hydrogen-bond donors (Lipinski definition) is 0. The van der Waals surface area contributed by atoms with E-state index in [1.54, 1.807) is 6.08 Å². The number of carbonyl (C=O) groups is 1. The second kappa shape index (κ2) is 10.8. The van der Waals surface area contributed by atoms with E-state index in [0.717, 1.165) is 0 Å². The third kappa shape index (κ3) is 15.8. The molecule has 0 atom stereocenters. The van der Waals surface area contributed by atoms with Crippen LogP contribution < -0.4 is 0 Å². The van der Waals surface area contributed by atoms with Crippen LogP contribution in [0.3, 0.4) is 0 Å². The van der Waals surface area contributed by atoms with Crippen molar-refractivity contribution >= 4 is 5.78 Å². The highest BCUT2D eigenvalue weighted by Crippen LogP contribution is 1.76. The first-order valence-corrected chi connectivity index (χ1v) is 3.07. The smallest absolute Gasteiger partial charge is 0.152 e. The summed E-state index contributed by atoms with van der Waals surface area (Å²) in [5, 5.41) is 0. The van der Waals surface area contributed by atoms with Crippen molar-refractivity contribution in [1.82, 2.24) is 0 Å². The van der Waals surface area contributed by atoms with Crippen molar-refractivity contribution in [3.63, 3.8) is 0 Å². The van der Waals surface area contributed by atoms with Crippen LogP contribution in [0.4, 0.5) is 0 Å². The van der Waals surface area contributed by atoms with Crippen LogP contribution in [0.1, 0.15) is 13.8 Å². The number of hydrogen-bond acceptors (Lipinski definition) is 1. The topological polar surface area (TPSA) is 17.1 Å². The Balaban J connectivity index is 0. The molecule has 56 valence electrons. The maximum absolute atomic E-state index is 10.2. The number of allylic oxidation sites excluding steroid dienone is 4. The van der Waals surface area contributed by atoms with Gasteiger partial charge < -0.3 is 0 Å². The molecule has 0 heterocycles. The largest absolute Gasteiger partial charge is 0.295 e. The third-order valence-corrected chi connectivity index (χ3v) is 0.634. The Hall–Kier alpha value is -1.11. The van der Waals surface area contributed by atoms with Gasteiger partial charge in [0.1, 0.15) is 0 Å². The van der Waals surface area contributed by atoms with E-state index >= 15 is 0 Å². The summed E-state index contributed by atoms with van der Waals surface area (Å²) >= 11 is 0. The summed E-state index contributed by atoms with van der Waals surface area (Å²) in [5.74, 6) is 0.0862. The van der Waals surface area contributed by atoms with Crippen molar-refractivity contribution in [3.8, 4) is 0 Å². The zero-order valence-electron chi connectivity index (χ0n) is 6.63. The number of rotatable bonds is 2. The predicted molar refractivity (Wildman–Crippen MR) is 45.9 cm³/mol. The Kier molecular flexibility index (Phi) is 12.6. The fourth-order valence-corrected chi connectivity index (χ4v) is 0.302. The summed E-state index contributed by atoms with van der Waals surface area (Å²) in [6.45, 7) is 9.43. The maximum atomic E-state index is 10.2. The molecule has 0 aromatic heterocycles. The zero-order chi connectivity index (χ0) is 8.41. The fraction of sp³-hybridized carbons (Fsp3) is 0.222. The van der Waals surface area contributed by atoms with Gasteiger partial charge in [-0.25, -0.2) is 0 Å². The lowest BCUT2D eigenvalue weighted by atomic mass is 10.4. The Morgan fingerprint density at radius 1 is 1.30 bits per heavy atom. The van der Waals surface area contributed by atoms with E-state index < -0.39 is 0 Å². The third-order valence-electron chi connectivity index (χ3n) is 0.634. The van der Waals surface area contributed by atoms with Gasteiger partial charge in [0, 0.05) is 0 Å². The molecular weight excluding hydrogens is 124 g/mol. The van der Waals surface area contributed by atoms with Gasteiger partial charge in [-0.1, -0.05) is 18.2 Å². The molecule has 0 saturated carbocycles. The minimum Gasteiger partial charge on any atom is -0.295 e. The lowest BCUT2D eigenvalue weighted by molar-refractivity contribution is -0.112. The van der Waals surface area contributed by atoms with E-state index in [0.29, 0.717) is 0 Å². The summed E-state index contributed by atoms with van der Waals surface area (Å²) in [6.07, 6.45) is 6.95. The maximum Gasteiger partial charge on any atom is 0.152 e. The normalized spacial score (nSPS) is 9.40. The van der Waals surface area contributed by atoms with Crippen LogP contribution in [-0.2, 0) is 4.79 Å². The van der Waals surface area contributed by atoms with Crippen molar-refractivity contribution in [2.24, 2.45) is 0 Å². The van der Waals surface area contributed by atoms with Gasteiger partial charge in [-0.05, 0) is 19.9 Å². The molecule has 0 amide bonds. The van der Waals surface area contributed by atoms with E-state index in [1.165, 1.54) is 13.0 Å². The average molecular weight is 138 g/mol. The standard InChI is InChI=1S/C7H10O.C2H4/c1-3-4-5-6-7(2)8;1-2/h3-6H,1-2H3;1-2H2/b4-3+,6-5+;. The van der Waals surface area contributed by atoms with E-state index in [4.69, 9.17) is 0 Å². The van der Waals surface area contributed by atoms with Crippen LogP contribution in [0.5, 0.6) is 0 Å². The molecule has 0 saturated heterocycles. The van der Waals surface area contributed by atoms with Crippen LogP contribution in [0.25, 0.3) is 0 Å². The molecule has 0 aliphatic rings. The van der Waals surface area contributed by atoms with Crippen molar-refractivity contribution in [2.75, 3.05) is 0 Å². The van der Waals surface area contributed by atoms with E-state index in [2.05, 4.69) is 13.2 Å². The molecule has 0 bridgehead atoms. The number of carbonyl (C=O) groups excluding carboxylic acids is 1. The minimum absolute atomic E-state index is 0.0862. The fourth-order valence-electron chi connectivity index (χ4n) is 0.302. The zero-order valence-corrected chi connectivity index (χ0v) is 6.63. The Bertz CT molecular complexity index is 132. The van der Waals surface area contributed by atoms with E-state index in [-0.39, 0.29) is 5.78 Å². The highest BCUT2D eigenvalue weighted by molar-refractivity contribution is 5.87. The summed E-state index contributed by atoms with van der Waals surface area (Å²) in [6, 6.07) is 0.